The molecule has 2 unspecified atom stereocenters. The molecule has 0 fully saturated rings. The maximum Gasteiger partial charge on any atom is 0.387 e. The molecule has 5 heteroatoms. The van der Waals surface area contributed by atoms with Crippen LogP contribution in [-0.4, -0.2) is 37.7 Å². The molecule has 0 aliphatic carbocycles. The molecule has 1 aromatic carbocycles. The first-order chi connectivity index (χ1) is 9.95. The van der Waals surface area contributed by atoms with Crippen molar-refractivity contribution in [1.29, 1.82) is 0 Å². The third-order valence-electron chi connectivity index (χ3n) is 3.86. The number of hydrogen-bond donors (Lipinski definition) is 1. The van der Waals surface area contributed by atoms with E-state index in [1.165, 1.54) is 0 Å². The molecule has 0 bridgehead atoms. The molecular weight excluding hydrogens is 274 g/mol. The van der Waals surface area contributed by atoms with Crippen molar-refractivity contribution in [1.82, 2.24) is 10.2 Å². The van der Waals surface area contributed by atoms with Crippen LogP contribution < -0.4 is 10.1 Å². The third-order valence-corrected chi connectivity index (χ3v) is 3.86. The Bertz CT molecular complexity index is 415. The number of ether oxygens (including phenoxy) is 1. The van der Waals surface area contributed by atoms with Gasteiger partial charge >= 0.3 is 6.61 Å². The predicted molar refractivity (Wildman–Crippen MR) is 81.9 cm³/mol. The molecule has 0 heterocycles. The van der Waals surface area contributed by atoms with E-state index in [9.17, 15) is 8.78 Å². The molecule has 0 amide bonds. The molecule has 0 saturated carbocycles. The van der Waals surface area contributed by atoms with Gasteiger partial charge in [0.05, 0.1) is 0 Å². The summed E-state index contributed by atoms with van der Waals surface area (Å²) in [6, 6.07) is 7.42. The number of halogens is 2. The Kier molecular flexibility index (Phi) is 7.61. The minimum atomic E-state index is -2.80. The Hall–Kier alpha value is -1.20. The second kappa shape index (κ2) is 8.95. The first kappa shape index (κ1) is 17.9. The molecule has 1 aromatic rings. The van der Waals surface area contributed by atoms with E-state index in [4.69, 9.17) is 0 Å². The van der Waals surface area contributed by atoms with Crippen molar-refractivity contribution in [2.45, 2.75) is 45.9 Å². The molecule has 3 nitrogen and oxygen atoms in total. The fourth-order valence-corrected chi connectivity index (χ4v) is 2.14. The monoisotopic (exact) mass is 300 g/mol. The van der Waals surface area contributed by atoms with Crippen molar-refractivity contribution in [3.05, 3.63) is 29.8 Å². The average Bonchev–Trinajstić information content (AvgIpc) is 2.46. The Morgan fingerprint density at radius 1 is 1.24 bits per heavy atom. The SMILES string of the molecule is CCC(C)N(C)CCNC(C)c1ccccc1OC(F)F. The Morgan fingerprint density at radius 3 is 2.52 bits per heavy atom. The maximum absolute atomic E-state index is 12.4. The lowest BCUT2D eigenvalue weighted by atomic mass is 10.1. The van der Waals surface area contributed by atoms with E-state index >= 15 is 0 Å². The quantitative estimate of drug-likeness (QED) is 0.753. The van der Waals surface area contributed by atoms with Crippen LogP contribution in [0.4, 0.5) is 8.78 Å². The van der Waals surface area contributed by atoms with Gasteiger partial charge in [-0.2, -0.15) is 8.78 Å². The number of para-hydroxylation sites is 1. The molecule has 0 radical (unpaired) electrons. The van der Waals surface area contributed by atoms with Crippen LogP contribution in [0.1, 0.15) is 38.8 Å². The van der Waals surface area contributed by atoms with Gasteiger partial charge in [0.2, 0.25) is 0 Å². The summed E-state index contributed by atoms with van der Waals surface area (Å²) in [7, 11) is 2.09. The molecular formula is C16H26F2N2O. The van der Waals surface area contributed by atoms with E-state index in [0.717, 1.165) is 25.1 Å². The molecule has 0 spiro atoms. The summed E-state index contributed by atoms with van der Waals surface area (Å²) in [6.07, 6.45) is 1.11. The van der Waals surface area contributed by atoms with Crippen LogP contribution >= 0.6 is 0 Å². The van der Waals surface area contributed by atoms with Gasteiger partial charge in [-0.25, -0.2) is 0 Å². The highest BCUT2D eigenvalue weighted by atomic mass is 19.3. The second-order valence-electron chi connectivity index (χ2n) is 5.33. The normalized spacial score (nSPS) is 14.5. The largest absolute Gasteiger partial charge is 0.434 e. The highest BCUT2D eigenvalue weighted by Crippen LogP contribution is 2.26. The molecule has 21 heavy (non-hydrogen) atoms. The summed E-state index contributed by atoms with van der Waals surface area (Å²) in [5, 5.41) is 3.36. The molecule has 0 aliphatic rings. The van der Waals surface area contributed by atoms with Crippen LogP contribution in [0.25, 0.3) is 0 Å². The van der Waals surface area contributed by atoms with Crippen molar-refractivity contribution in [3.63, 3.8) is 0 Å². The smallest absolute Gasteiger partial charge is 0.387 e. The predicted octanol–water partition coefficient (Wildman–Crippen LogP) is 3.67. The summed E-state index contributed by atoms with van der Waals surface area (Å²) in [6.45, 7) is 5.22. The van der Waals surface area contributed by atoms with E-state index < -0.39 is 6.61 Å². The van der Waals surface area contributed by atoms with Gasteiger partial charge in [-0.05, 0) is 33.4 Å². The fourth-order valence-electron chi connectivity index (χ4n) is 2.14. The number of nitrogens with one attached hydrogen (secondary N) is 1. The molecule has 0 aromatic heterocycles. The molecule has 1 N–H and O–H groups in total. The van der Waals surface area contributed by atoms with Crippen LogP contribution in [0.5, 0.6) is 5.75 Å². The van der Waals surface area contributed by atoms with Gasteiger partial charge in [-0.3, -0.25) is 0 Å². The molecule has 120 valence electrons. The Balaban J connectivity index is 2.54. The minimum Gasteiger partial charge on any atom is -0.434 e. The van der Waals surface area contributed by atoms with Gasteiger partial charge in [0, 0.05) is 30.7 Å². The Morgan fingerprint density at radius 2 is 1.90 bits per heavy atom. The second-order valence-corrected chi connectivity index (χ2v) is 5.33. The van der Waals surface area contributed by atoms with Crippen molar-refractivity contribution >= 4 is 0 Å². The Labute approximate surface area is 126 Å². The zero-order valence-corrected chi connectivity index (χ0v) is 13.3. The summed E-state index contributed by atoms with van der Waals surface area (Å²) in [5.74, 6) is 0.239. The number of benzene rings is 1. The lowest BCUT2D eigenvalue weighted by molar-refractivity contribution is -0.0506. The van der Waals surface area contributed by atoms with Gasteiger partial charge < -0.3 is 15.0 Å². The van der Waals surface area contributed by atoms with Gasteiger partial charge in [0.15, 0.2) is 0 Å². The molecule has 1 rings (SSSR count). The topological polar surface area (TPSA) is 24.5 Å². The highest BCUT2D eigenvalue weighted by Gasteiger charge is 2.14. The van der Waals surface area contributed by atoms with Gasteiger partial charge in [0.25, 0.3) is 0 Å². The maximum atomic E-state index is 12.4. The summed E-state index contributed by atoms with van der Waals surface area (Å²) in [4.78, 5) is 2.28. The zero-order chi connectivity index (χ0) is 15.8. The first-order valence-electron chi connectivity index (χ1n) is 7.43. The van der Waals surface area contributed by atoms with Crippen LogP contribution in [0.15, 0.2) is 24.3 Å². The van der Waals surface area contributed by atoms with Gasteiger partial charge in [0.1, 0.15) is 5.75 Å². The highest BCUT2D eigenvalue weighted by molar-refractivity contribution is 5.35. The van der Waals surface area contributed by atoms with Crippen molar-refractivity contribution < 1.29 is 13.5 Å². The third kappa shape index (κ3) is 5.98. The standard InChI is InChI=1S/C16H26F2N2O/c1-5-12(2)20(4)11-10-19-13(3)14-8-6-7-9-15(14)21-16(17)18/h6-9,12-13,16,19H,5,10-11H2,1-4H3. The van der Waals surface area contributed by atoms with E-state index in [2.05, 4.69) is 35.8 Å². The fraction of sp³-hybridized carbons (Fsp3) is 0.625. The van der Waals surface area contributed by atoms with Crippen molar-refractivity contribution in [3.8, 4) is 5.75 Å². The van der Waals surface area contributed by atoms with Crippen molar-refractivity contribution in [2.24, 2.45) is 0 Å². The number of hydrogen-bond acceptors (Lipinski definition) is 3. The molecule has 2 atom stereocenters. The summed E-state index contributed by atoms with van der Waals surface area (Å²) < 4.78 is 29.4. The van der Waals surface area contributed by atoms with Crippen LogP contribution in [0.3, 0.4) is 0 Å². The van der Waals surface area contributed by atoms with Crippen LogP contribution in [0.2, 0.25) is 0 Å². The van der Waals surface area contributed by atoms with Crippen molar-refractivity contribution in [2.75, 3.05) is 20.1 Å². The number of likely N-dealkylation sites (N-methyl/N-ethyl adjacent to an activating group) is 1. The number of nitrogens with zero attached hydrogens (tertiary/aromatic N) is 1. The minimum absolute atomic E-state index is 0.0368. The van der Waals surface area contributed by atoms with E-state index in [1.54, 1.807) is 12.1 Å². The van der Waals surface area contributed by atoms with Gasteiger partial charge in [-0.1, -0.05) is 25.1 Å². The van der Waals surface area contributed by atoms with Crippen LogP contribution in [0, 0.1) is 0 Å². The van der Waals surface area contributed by atoms with E-state index in [0.29, 0.717) is 6.04 Å². The first-order valence-corrected chi connectivity index (χ1v) is 7.43. The van der Waals surface area contributed by atoms with E-state index in [1.807, 2.05) is 19.1 Å². The summed E-state index contributed by atoms with van der Waals surface area (Å²) >= 11 is 0. The number of alkyl halides is 2. The molecule has 0 saturated heterocycles. The lowest BCUT2D eigenvalue weighted by Crippen LogP contribution is -2.35. The number of rotatable bonds is 9. The molecule has 0 aliphatic heterocycles. The zero-order valence-electron chi connectivity index (χ0n) is 13.3. The van der Waals surface area contributed by atoms with E-state index in [-0.39, 0.29) is 11.8 Å². The summed E-state index contributed by atoms with van der Waals surface area (Å²) in [5.41, 5.74) is 0.754. The lowest BCUT2D eigenvalue weighted by Gasteiger charge is -2.25. The van der Waals surface area contributed by atoms with Crippen LogP contribution in [-0.2, 0) is 0 Å². The van der Waals surface area contributed by atoms with Gasteiger partial charge in [-0.15, -0.1) is 0 Å². The average molecular weight is 300 g/mol.